The molecule has 0 spiro atoms. The van der Waals surface area contributed by atoms with E-state index < -0.39 is 0 Å². The average molecular weight is 170 g/mol. The van der Waals surface area contributed by atoms with Crippen molar-refractivity contribution < 1.29 is 9.47 Å². The van der Waals surface area contributed by atoms with Crippen molar-refractivity contribution >= 4 is 0 Å². The maximum Gasteiger partial charge on any atom is 0.0916 e. The number of allylic oxidation sites excluding steroid dienone is 1. The lowest BCUT2D eigenvalue weighted by molar-refractivity contribution is -0.0624. The summed E-state index contributed by atoms with van der Waals surface area (Å²) in [4.78, 5) is 0. The monoisotopic (exact) mass is 170 g/mol. The van der Waals surface area contributed by atoms with Gasteiger partial charge in [-0.25, -0.2) is 0 Å². The predicted molar refractivity (Wildman–Crippen MR) is 48.9 cm³/mol. The Bertz CT molecular complexity index is 157. The summed E-state index contributed by atoms with van der Waals surface area (Å²) in [6, 6.07) is 0. The highest BCUT2D eigenvalue weighted by Crippen LogP contribution is 2.35. The van der Waals surface area contributed by atoms with E-state index in [0.29, 0.717) is 18.1 Å². The van der Waals surface area contributed by atoms with Gasteiger partial charge in [0.15, 0.2) is 0 Å². The van der Waals surface area contributed by atoms with Crippen molar-refractivity contribution in [3.05, 3.63) is 12.3 Å². The zero-order valence-corrected chi connectivity index (χ0v) is 8.17. The van der Waals surface area contributed by atoms with E-state index in [1.807, 2.05) is 0 Å². The van der Waals surface area contributed by atoms with Crippen molar-refractivity contribution in [1.82, 2.24) is 0 Å². The quantitative estimate of drug-likeness (QED) is 0.603. The van der Waals surface area contributed by atoms with E-state index >= 15 is 0 Å². The zero-order chi connectivity index (χ0) is 9.14. The second kappa shape index (κ2) is 3.94. The molecule has 0 amide bonds. The van der Waals surface area contributed by atoms with Crippen LogP contribution < -0.4 is 0 Å². The normalized spacial score (nSPS) is 28.3. The van der Waals surface area contributed by atoms with Crippen LogP contribution in [0.15, 0.2) is 12.3 Å². The molecular formula is C10H18O2. The Morgan fingerprint density at radius 2 is 2.00 bits per heavy atom. The minimum absolute atomic E-state index is 0.340. The first kappa shape index (κ1) is 9.59. The summed E-state index contributed by atoms with van der Waals surface area (Å²) in [6.07, 6.45) is 2.92. The second-order valence-electron chi connectivity index (χ2n) is 3.65. The zero-order valence-electron chi connectivity index (χ0n) is 8.17. The Morgan fingerprint density at radius 3 is 2.42 bits per heavy atom. The molecule has 2 heteroatoms. The molecule has 0 aromatic rings. The minimum Gasteiger partial charge on any atom is -0.501 e. The van der Waals surface area contributed by atoms with Gasteiger partial charge in [0.25, 0.3) is 0 Å². The summed E-state index contributed by atoms with van der Waals surface area (Å²) in [5.74, 6) is 1.43. The van der Waals surface area contributed by atoms with Crippen molar-refractivity contribution in [2.45, 2.75) is 38.9 Å². The van der Waals surface area contributed by atoms with E-state index in [4.69, 9.17) is 9.47 Å². The first-order valence-corrected chi connectivity index (χ1v) is 4.51. The highest BCUT2D eigenvalue weighted by Gasteiger charge is 2.32. The Balaban J connectivity index is 2.15. The fraction of sp³-hybridized carbons (Fsp3) is 0.800. The van der Waals surface area contributed by atoms with Crippen molar-refractivity contribution in [3.63, 3.8) is 0 Å². The molecule has 0 radical (unpaired) electrons. The van der Waals surface area contributed by atoms with Crippen LogP contribution in [0.1, 0.15) is 26.7 Å². The van der Waals surface area contributed by atoms with Crippen LogP contribution in [-0.4, -0.2) is 19.3 Å². The van der Waals surface area contributed by atoms with Gasteiger partial charge in [-0.05, 0) is 26.7 Å². The van der Waals surface area contributed by atoms with Gasteiger partial charge in [-0.1, -0.05) is 6.58 Å². The standard InChI is InChI=1S/C10H18O2/c1-7(2)12-10-5-9(6-10)8(3)11-4/h7,9-10H,3,5-6H2,1-2,4H3. The molecule has 0 unspecified atom stereocenters. The van der Waals surface area contributed by atoms with Gasteiger partial charge in [-0.3, -0.25) is 0 Å². The number of methoxy groups -OCH3 is 1. The number of ether oxygens (including phenoxy) is 2. The molecule has 12 heavy (non-hydrogen) atoms. The molecular weight excluding hydrogens is 152 g/mol. The van der Waals surface area contributed by atoms with Gasteiger partial charge in [0.1, 0.15) is 0 Å². The highest BCUT2D eigenvalue weighted by atomic mass is 16.5. The largest absolute Gasteiger partial charge is 0.501 e. The molecule has 0 aliphatic heterocycles. The van der Waals surface area contributed by atoms with Crippen molar-refractivity contribution in [1.29, 1.82) is 0 Å². The minimum atomic E-state index is 0.340. The predicted octanol–water partition coefficient (Wildman–Crippen LogP) is 2.35. The molecule has 1 aliphatic carbocycles. The Hall–Kier alpha value is -0.500. The summed E-state index contributed by atoms with van der Waals surface area (Å²) < 4.78 is 10.7. The number of hydrogen-bond acceptors (Lipinski definition) is 2. The van der Waals surface area contributed by atoms with E-state index in [9.17, 15) is 0 Å². The molecule has 0 N–H and O–H groups in total. The number of hydrogen-bond donors (Lipinski definition) is 0. The third kappa shape index (κ3) is 2.24. The summed E-state index contributed by atoms with van der Waals surface area (Å²) >= 11 is 0. The second-order valence-corrected chi connectivity index (χ2v) is 3.65. The average Bonchev–Trinajstić information content (AvgIpc) is 1.94. The first-order valence-electron chi connectivity index (χ1n) is 4.51. The smallest absolute Gasteiger partial charge is 0.0916 e. The van der Waals surface area contributed by atoms with Crippen LogP contribution in [0.25, 0.3) is 0 Å². The van der Waals surface area contributed by atoms with Crippen LogP contribution in [0.2, 0.25) is 0 Å². The summed E-state index contributed by atoms with van der Waals surface area (Å²) in [6.45, 7) is 7.97. The van der Waals surface area contributed by atoms with Crippen molar-refractivity contribution in [2.75, 3.05) is 7.11 Å². The lowest BCUT2D eigenvalue weighted by Crippen LogP contribution is -2.34. The van der Waals surface area contributed by atoms with E-state index in [0.717, 1.165) is 18.6 Å². The lowest BCUT2D eigenvalue weighted by Gasteiger charge is -2.36. The van der Waals surface area contributed by atoms with Crippen LogP contribution in [-0.2, 0) is 9.47 Å². The van der Waals surface area contributed by atoms with Crippen LogP contribution in [0.5, 0.6) is 0 Å². The van der Waals surface area contributed by atoms with Gasteiger partial charge in [-0.15, -0.1) is 0 Å². The van der Waals surface area contributed by atoms with Gasteiger partial charge >= 0.3 is 0 Å². The van der Waals surface area contributed by atoms with Crippen LogP contribution in [0.3, 0.4) is 0 Å². The molecule has 70 valence electrons. The van der Waals surface area contributed by atoms with Crippen molar-refractivity contribution in [2.24, 2.45) is 5.92 Å². The van der Waals surface area contributed by atoms with Gasteiger partial charge in [0.05, 0.1) is 25.1 Å². The highest BCUT2D eigenvalue weighted by molar-refractivity contribution is 4.99. The number of rotatable bonds is 4. The molecule has 2 nitrogen and oxygen atoms in total. The van der Waals surface area contributed by atoms with Crippen LogP contribution in [0, 0.1) is 5.92 Å². The Kier molecular flexibility index (Phi) is 3.15. The van der Waals surface area contributed by atoms with Crippen LogP contribution in [0.4, 0.5) is 0 Å². The molecule has 1 fully saturated rings. The van der Waals surface area contributed by atoms with E-state index in [-0.39, 0.29) is 0 Å². The summed E-state index contributed by atoms with van der Waals surface area (Å²) in [5, 5.41) is 0. The molecule has 0 saturated heterocycles. The molecule has 0 aromatic heterocycles. The van der Waals surface area contributed by atoms with E-state index in [2.05, 4.69) is 20.4 Å². The topological polar surface area (TPSA) is 18.5 Å². The van der Waals surface area contributed by atoms with E-state index in [1.165, 1.54) is 0 Å². The Morgan fingerprint density at radius 1 is 1.42 bits per heavy atom. The molecule has 0 atom stereocenters. The summed E-state index contributed by atoms with van der Waals surface area (Å²) in [5.41, 5.74) is 0. The SMILES string of the molecule is C=C(OC)C1CC(OC(C)C)C1. The molecule has 0 bridgehead atoms. The first-order chi connectivity index (χ1) is 5.63. The fourth-order valence-corrected chi connectivity index (χ4v) is 1.49. The molecule has 1 aliphatic rings. The van der Waals surface area contributed by atoms with Gasteiger partial charge in [0, 0.05) is 5.92 Å². The molecule has 0 aromatic carbocycles. The van der Waals surface area contributed by atoms with Crippen molar-refractivity contribution in [3.8, 4) is 0 Å². The maximum atomic E-state index is 5.61. The van der Waals surface area contributed by atoms with Gasteiger partial charge in [0.2, 0.25) is 0 Å². The van der Waals surface area contributed by atoms with Gasteiger partial charge < -0.3 is 9.47 Å². The Labute approximate surface area is 74.6 Å². The molecule has 1 rings (SSSR count). The maximum absolute atomic E-state index is 5.61. The van der Waals surface area contributed by atoms with Crippen LogP contribution >= 0.6 is 0 Å². The lowest BCUT2D eigenvalue weighted by atomic mass is 9.81. The summed E-state index contributed by atoms with van der Waals surface area (Å²) in [7, 11) is 1.68. The van der Waals surface area contributed by atoms with Gasteiger partial charge in [-0.2, -0.15) is 0 Å². The molecule has 0 heterocycles. The fourth-order valence-electron chi connectivity index (χ4n) is 1.49. The molecule has 1 saturated carbocycles. The third-order valence-electron chi connectivity index (χ3n) is 2.28. The van der Waals surface area contributed by atoms with E-state index in [1.54, 1.807) is 7.11 Å². The third-order valence-corrected chi connectivity index (χ3v) is 2.28.